The van der Waals surface area contributed by atoms with Crippen molar-refractivity contribution in [3.8, 4) is 0 Å². The van der Waals surface area contributed by atoms with Crippen LogP contribution < -0.4 is 0 Å². The van der Waals surface area contributed by atoms with E-state index in [1.54, 1.807) is 0 Å². The van der Waals surface area contributed by atoms with Crippen LogP contribution >= 0.6 is 0 Å². The van der Waals surface area contributed by atoms with Crippen molar-refractivity contribution in [2.45, 2.75) is 38.2 Å². The van der Waals surface area contributed by atoms with Gasteiger partial charge in [-0.05, 0) is 36.5 Å². The van der Waals surface area contributed by atoms with Gasteiger partial charge in [-0.15, -0.1) is 0 Å². The molecule has 2 rings (SSSR count). The van der Waals surface area contributed by atoms with E-state index in [9.17, 15) is 13.9 Å². The number of hydrogen-bond donors (Lipinski definition) is 1. The highest BCUT2D eigenvalue weighted by molar-refractivity contribution is 5.29. The molecule has 0 spiro atoms. The van der Waals surface area contributed by atoms with Gasteiger partial charge >= 0.3 is 0 Å². The van der Waals surface area contributed by atoms with E-state index in [0.717, 1.165) is 6.07 Å². The zero-order chi connectivity index (χ0) is 11.1. The average molecular weight is 212 g/mol. The summed E-state index contributed by atoms with van der Waals surface area (Å²) in [5.74, 6) is -1.05. The second-order valence-electron chi connectivity index (χ2n) is 4.29. The van der Waals surface area contributed by atoms with Crippen LogP contribution in [0.15, 0.2) is 12.1 Å². The number of hydrogen-bond acceptors (Lipinski definition) is 1. The molecular weight excluding hydrogens is 198 g/mol. The molecule has 1 N–H and O–H groups in total. The zero-order valence-corrected chi connectivity index (χ0v) is 8.69. The monoisotopic (exact) mass is 212 g/mol. The number of halogens is 2. The average Bonchev–Trinajstić information content (AvgIpc) is 2.89. The van der Waals surface area contributed by atoms with Gasteiger partial charge in [0.15, 0.2) is 0 Å². The van der Waals surface area contributed by atoms with Crippen LogP contribution in [0.5, 0.6) is 0 Å². The number of aryl methyl sites for hydroxylation is 1. The lowest BCUT2D eigenvalue weighted by Gasteiger charge is -2.10. The van der Waals surface area contributed by atoms with Gasteiger partial charge in [0.05, 0.1) is 5.60 Å². The lowest BCUT2D eigenvalue weighted by Crippen LogP contribution is -2.12. The van der Waals surface area contributed by atoms with Crippen molar-refractivity contribution in [3.63, 3.8) is 0 Å². The predicted octanol–water partition coefficient (Wildman–Crippen LogP) is 2.59. The number of benzene rings is 1. The van der Waals surface area contributed by atoms with E-state index in [1.165, 1.54) is 6.07 Å². The van der Waals surface area contributed by atoms with Crippen molar-refractivity contribution >= 4 is 0 Å². The van der Waals surface area contributed by atoms with E-state index in [4.69, 9.17) is 0 Å². The van der Waals surface area contributed by atoms with Crippen molar-refractivity contribution < 1.29 is 13.9 Å². The first-order valence-corrected chi connectivity index (χ1v) is 5.23. The minimum atomic E-state index is -0.732. The molecule has 1 aliphatic rings. The molecule has 3 heteroatoms. The first-order valence-electron chi connectivity index (χ1n) is 5.23. The summed E-state index contributed by atoms with van der Waals surface area (Å²) in [6, 6.07) is 2.45. The molecule has 82 valence electrons. The van der Waals surface area contributed by atoms with Gasteiger partial charge in [-0.1, -0.05) is 6.92 Å². The Morgan fingerprint density at radius 1 is 1.20 bits per heavy atom. The quantitative estimate of drug-likeness (QED) is 0.816. The second kappa shape index (κ2) is 3.56. The maximum atomic E-state index is 13.4. The largest absolute Gasteiger partial charge is 0.390 e. The fraction of sp³-hybridized carbons (Fsp3) is 0.500. The molecule has 0 bridgehead atoms. The Labute approximate surface area is 87.7 Å². The molecule has 0 aromatic heterocycles. The van der Waals surface area contributed by atoms with Crippen molar-refractivity contribution in [1.82, 2.24) is 0 Å². The third kappa shape index (κ3) is 2.17. The van der Waals surface area contributed by atoms with Gasteiger partial charge in [0.25, 0.3) is 0 Å². The predicted molar refractivity (Wildman–Crippen MR) is 53.6 cm³/mol. The van der Waals surface area contributed by atoms with E-state index in [1.807, 2.05) is 6.92 Å². The highest BCUT2D eigenvalue weighted by Gasteiger charge is 2.40. The maximum absolute atomic E-state index is 13.4. The molecule has 1 aliphatic carbocycles. The molecule has 15 heavy (non-hydrogen) atoms. The van der Waals surface area contributed by atoms with Crippen LogP contribution in [0.4, 0.5) is 8.78 Å². The van der Waals surface area contributed by atoms with E-state index < -0.39 is 17.2 Å². The Kier molecular flexibility index (Phi) is 2.51. The Hall–Kier alpha value is -0.960. The highest BCUT2D eigenvalue weighted by atomic mass is 19.1. The zero-order valence-electron chi connectivity index (χ0n) is 8.69. The Bertz CT molecular complexity index is 383. The standard InChI is InChI=1S/C12H14F2O/c1-2-8-5-9(7-12(15)3-4-12)11(14)6-10(8)13/h5-6,15H,2-4,7H2,1H3. The molecule has 0 unspecified atom stereocenters. The molecule has 0 amide bonds. The second-order valence-corrected chi connectivity index (χ2v) is 4.29. The normalized spacial score (nSPS) is 17.9. The molecule has 0 heterocycles. The van der Waals surface area contributed by atoms with E-state index in [-0.39, 0.29) is 0 Å². The van der Waals surface area contributed by atoms with Gasteiger partial charge in [-0.25, -0.2) is 8.78 Å². The van der Waals surface area contributed by atoms with Gasteiger partial charge in [-0.3, -0.25) is 0 Å². The molecule has 1 fully saturated rings. The van der Waals surface area contributed by atoms with Crippen LogP contribution in [0.3, 0.4) is 0 Å². The molecule has 0 atom stereocenters. The summed E-state index contributed by atoms with van der Waals surface area (Å²) < 4.78 is 26.6. The summed E-state index contributed by atoms with van der Waals surface area (Å²) in [4.78, 5) is 0. The van der Waals surface area contributed by atoms with Crippen molar-refractivity contribution in [1.29, 1.82) is 0 Å². The van der Waals surface area contributed by atoms with Crippen molar-refractivity contribution in [2.24, 2.45) is 0 Å². The summed E-state index contributed by atoms with van der Waals surface area (Å²) in [7, 11) is 0. The van der Waals surface area contributed by atoms with Crippen LogP contribution in [0.2, 0.25) is 0 Å². The molecule has 0 aliphatic heterocycles. The van der Waals surface area contributed by atoms with Crippen LogP contribution in [-0.2, 0) is 12.8 Å². The summed E-state index contributed by atoms with van der Waals surface area (Å²) in [6.07, 6.45) is 2.26. The fourth-order valence-corrected chi connectivity index (χ4v) is 1.73. The SMILES string of the molecule is CCc1cc(CC2(O)CC2)c(F)cc1F. The summed E-state index contributed by atoms with van der Waals surface area (Å²) in [6.45, 7) is 1.83. The lowest BCUT2D eigenvalue weighted by atomic mass is 10.0. The molecular formula is C12H14F2O. The third-order valence-corrected chi connectivity index (χ3v) is 2.94. The summed E-state index contributed by atoms with van der Waals surface area (Å²) in [5.41, 5.74) is 0.202. The minimum absolute atomic E-state index is 0.298. The Morgan fingerprint density at radius 3 is 2.33 bits per heavy atom. The molecule has 0 radical (unpaired) electrons. The lowest BCUT2D eigenvalue weighted by molar-refractivity contribution is 0.149. The summed E-state index contributed by atoms with van der Waals surface area (Å²) >= 11 is 0. The van der Waals surface area contributed by atoms with Crippen LogP contribution in [0.25, 0.3) is 0 Å². The molecule has 1 nitrogen and oxygen atoms in total. The van der Waals surface area contributed by atoms with E-state index in [2.05, 4.69) is 0 Å². The van der Waals surface area contributed by atoms with E-state index >= 15 is 0 Å². The third-order valence-electron chi connectivity index (χ3n) is 2.94. The van der Waals surface area contributed by atoms with Gasteiger partial charge in [0.1, 0.15) is 11.6 Å². The first kappa shape index (κ1) is 10.6. The first-order chi connectivity index (χ1) is 7.04. The Balaban J connectivity index is 2.29. The summed E-state index contributed by atoms with van der Waals surface area (Å²) in [5, 5.41) is 9.68. The molecule has 1 aromatic carbocycles. The molecule has 1 saturated carbocycles. The van der Waals surface area contributed by atoms with Gasteiger partial charge < -0.3 is 5.11 Å². The maximum Gasteiger partial charge on any atom is 0.129 e. The van der Waals surface area contributed by atoms with E-state index in [0.29, 0.717) is 36.8 Å². The highest BCUT2D eigenvalue weighted by Crippen LogP contribution is 2.38. The molecule has 1 aromatic rings. The fourth-order valence-electron chi connectivity index (χ4n) is 1.73. The van der Waals surface area contributed by atoms with Gasteiger partial charge in [0, 0.05) is 12.5 Å². The van der Waals surface area contributed by atoms with Crippen LogP contribution in [-0.4, -0.2) is 10.7 Å². The van der Waals surface area contributed by atoms with Gasteiger partial charge in [0.2, 0.25) is 0 Å². The minimum Gasteiger partial charge on any atom is -0.390 e. The van der Waals surface area contributed by atoms with Crippen molar-refractivity contribution in [3.05, 3.63) is 34.9 Å². The van der Waals surface area contributed by atoms with Crippen LogP contribution in [0, 0.1) is 11.6 Å². The van der Waals surface area contributed by atoms with Crippen molar-refractivity contribution in [2.75, 3.05) is 0 Å². The smallest absolute Gasteiger partial charge is 0.129 e. The number of aliphatic hydroxyl groups is 1. The molecule has 0 saturated heterocycles. The number of rotatable bonds is 3. The van der Waals surface area contributed by atoms with Gasteiger partial charge in [-0.2, -0.15) is 0 Å². The topological polar surface area (TPSA) is 20.2 Å². The Morgan fingerprint density at radius 2 is 1.80 bits per heavy atom. The van der Waals surface area contributed by atoms with Crippen LogP contribution in [0.1, 0.15) is 30.9 Å².